The monoisotopic (exact) mass is 399 g/mol. The van der Waals surface area contributed by atoms with Gasteiger partial charge in [0, 0.05) is 5.02 Å². The fraction of sp³-hybridized carbons (Fsp3) is 0.182. The molecule has 0 heterocycles. The van der Waals surface area contributed by atoms with Crippen molar-refractivity contribution in [3.05, 3.63) is 94.0 Å². The van der Waals surface area contributed by atoms with Gasteiger partial charge in [0.1, 0.15) is 0 Å². The van der Waals surface area contributed by atoms with Crippen LogP contribution in [0.4, 0.5) is 5.69 Å². The van der Waals surface area contributed by atoms with Crippen molar-refractivity contribution in [3.8, 4) is 0 Å². The van der Waals surface area contributed by atoms with Crippen LogP contribution in [-0.4, -0.2) is 8.42 Å². The highest BCUT2D eigenvalue weighted by molar-refractivity contribution is 7.92. The molecule has 0 spiro atoms. The Morgan fingerprint density at radius 3 is 2.04 bits per heavy atom. The second kappa shape index (κ2) is 7.75. The van der Waals surface area contributed by atoms with Gasteiger partial charge in [0.25, 0.3) is 10.0 Å². The Hall–Kier alpha value is -2.30. The fourth-order valence-corrected chi connectivity index (χ4v) is 4.36. The summed E-state index contributed by atoms with van der Waals surface area (Å²) in [5.41, 5.74) is 4.71. The van der Waals surface area contributed by atoms with Crippen LogP contribution in [0.2, 0.25) is 5.02 Å². The summed E-state index contributed by atoms with van der Waals surface area (Å²) in [6.45, 7) is 6.16. The van der Waals surface area contributed by atoms with Crippen LogP contribution in [0.5, 0.6) is 0 Å². The van der Waals surface area contributed by atoms with Crippen molar-refractivity contribution in [1.29, 1.82) is 0 Å². The maximum absolute atomic E-state index is 13.4. The van der Waals surface area contributed by atoms with Crippen molar-refractivity contribution >= 4 is 27.3 Å². The molecule has 0 aliphatic rings. The van der Waals surface area contributed by atoms with E-state index < -0.39 is 10.0 Å². The Labute approximate surface area is 166 Å². The maximum atomic E-state index is 13.4. The maximum Gasteiger partial charge on any atom is 0.264 e. The molecule has 0 N–H and O–H groups in total. The van der Waals surface area contributed by atoms with Gasteiger partial charge in [-0.1, -0.05) is 47.5 Å². The van der Waals surface area contributed by atoms with Crippen molar-refractivity contribution in [2.24, 2.45) is 0 Å². The summed E-state index contributed by atoms with van der Waals surface area (Å²) in [7, 11) is -3.71. The summed E-state index contributed by atoms with van der Waals surface area (Å²) >= 11 is 5.97. The lowest BCUT2D eigenvalue weighted by molar-refractivity contribution is 0.590. The van der Waals surface area contributed by atoms with Crippen LogP contribution < -0.4 is 4.31 Å². The number of halogens is 1. The van der Waals surface area contributed by atoms with Gasteiger partial charge in [0.2, 0.25) is 0 Å². The third-order valence-corrected chi connectivity index (χ3v) is 6.67. The van der Waals surface area contributed by atoms with E-state index in [0.717, 1.165) is 22.3 Å². The van der Waals surface area contributed by atoms with E-state index >= 15 is 0 Å². The van der Waals surface area contributed by atoms with Crippen molar-refractivity contribution in [2.45, 2.75) is 32.2 Å². The summed E-state index contributed by atoms with van der Waals surface area (Å²) in [4.78, 5) is 0.278. The van der Waals surface area contributed by atoms with Gasteiger partial charge in [-0.15, -0.1) is 0 Å². The third-order valence-electron chi connectivity index (χ3n) is 4.63. The van der Waals surface area contributed by atoms with E-state index in [2.05, 4.69) is 0 Å². The number of rotatable bonds is 5. The Morgan fingerprint density at radius 1 is 0.815 bits per heavy atom. The first-order valence-corrected chi connectivity index (χ1v) is 10.5. The Morgan fingerprint density at radius 2 is 1.44 bits per heavy atom. The van der Waals surface area contributed by atoms with Gasteiger partial charge in [0.15, 0.2) is 0 Å². The van der Waals surface area contributed by atoms with Crippen LogP contribution in [0.1, 0.15) is 22.3 Å². The minimum atomic E-state index is -3.71. The molecule has 0 bridgehead atoms. The SMILES string of the molecule is Cc1ccc(S(=O)(=O)N(Cc2ccc(Cl)cc2)c2ccc(C)c(C)c2)cc1. The van der Waals surface area contributed by atoms with E-state index in [0.29, 0.717) is 10.7 Å². The van der Waals surface area contributed by atoms with E-state index in [1.165, 1.54) is 4.31 Å². The highest BCUT2D eigenvalue weighted by Crippen LogP contribution is 2.28. The fourth-order valence-electron chi connectivity index (χ4n) is 2.79. The normalized spacial score (nSPS) is 11.4. The number of hydrogen-bond acceptors (Lipinski definition) is 2. The molecule has 0 unspecified atom stereocenters. The van der Waals surface area contributed by atoms with Crippen LogP contribution in [-0.2, 0) is 16.6 Å². The third kappa shape index (κ3) is 4.34. The second-order valence-corrected chi connectivity index (χ2v) is 9.02. The molecule has 0 amide bonds. The van der Waals surface area contributed by atoms with Gasteiger partial charge >= 0.3 is 0 Å². The number of nitrogens with zero attached hydrogens (tertiary/aromatic N) is 1. The Bertz CT molecular complexity index is 1040. The van der Waals surface area contributed by atoms with Crippen molar-refractivity contribution in [2.75, 3.05) is 4.31 Å². The number of hydrogen-bond donors (Lipinski definition) is 0. The number of anilines is 1. The lowest BCUT2D eigenvalue weighted by atomic mass is 10.1. The van der Waals surface area contributed by atoms with E-state index in [-0.39, 0.29) is 11.4 Å². The molecule has 0 aromatic heterocycles. The van der Waals surface area contributed by atoms with Crippen LogP contribution in [0, 0.1) is 20.8 Å². The average molecular weight is 400 g/mol. The zero-order chi connectivity index (χ0) is 19.6. The molecule has 3 nitrogen and oxygen atoms in total. The molecule has 140 valence electrons. The zero-order valence-corrected chi connectivity index (χ0v) is 17.2. The molecular weight excluding hydrogens is 378 g/mol. The predicted octanol–water partition coefficient (Wildman–Crippen LogP) is 5.66. The first-order valence-electron chi connectivity index (χ1n) is 8.68. The van der Waals surface area contributed by atoms with E-state index in [1.54, 1.807) is 24.3 Å². The quantitative estimate of drug-likeness (QED) is 0.555. The Kier molecular flexibility index (Phi) is 5.59. The van der Waals surface area contributed by atoms with Crippen molar-refractivity contribution < 1.29 is 8.42 Å². The van der Waals surface area contributed by atoms with Gasteiger partial charge in [-0.25, -0.2) is 8.42 Å². The summed E-state index contributed by atoms with van der Waals surface area (Å²) in [6.07, 6.45) is 0. The molecule has 0 saturated carbocycles. The summed E-state index contributed by atoms with van der Waals surface area (Å²) in [6, 6.07) is 19.9. The molecule has 3 rings (SSSR count). The molecule has 27 heavy (non-hydrogen) atoms. The van der Waals surface area contributed by atoms with E-state index in [1.807, 2.05) is 63.2 Å². The zero-order valence-electron chi connectivity index (χ0n) is 15.6. The smallest absolute Gasteiger partial charge is 0.262 e. The molecule has 0 aliphatic heterocycles. The molecule has 5 heteroatoms. The van der Waals surface area contributed by atoms with Gasteiger partial charge in [-0.05, 0) is 73.9 Å². The number of aryl methyl sites for hydroxylation is 3. The van der Waals surface area contributed by atoms with Crippen LogP contribution in [0.15, 0.2) is 71.6 Å². The van der Waals surface area contributed by atoms with Crippen molar-refractivity contribution in [3.63, 3.8) is 0 Å². The molecular formula is C22H22ClNO2S. The van der Waals surface area contributed by atoms with E-state index in [9.17, 15) is 8.42 Å². The molecule has 0 saturated heterocycles. The first kappa shape index (κ1) is 19.5. The minimum absolute atomic E-state index is 0.232. The molecule has 0 radical (unpaired) electrons. The van der Waals surface area contributed by atoms with Gasteiger partial charge < -0.3 is 0 Å². The summed E-state index contributed by atoms with van der Waals surface area (Å²) in [5, 5.41) is 0.623. The molecule has 0 aliphatic carbocycles. The minimum Gasteiger partial charge on any atom is -0.262 e. The standard InChI is InChI=1S/C22H22ClNO2S/c1-16-4-12-22(13-5-16)27(25,26)24(15-19-7-9-20(23)10-8-19)21-11-6-17(2)18(3)14-21/h4-14H,15H2,1-3H3. The highest BCUT2D eigenvalue weighted by atomic mass is 35.5. The van der Waals surface area contributed by atoms with Gasteiger partial charge in [-0.3, -0.25) is 4.31 Å². The lowest BCUT2D eigenvalue weighted by Gasteiger charge is -2.25. The predicted molar refractivity (Wildman–Crippen MR) is 112 cm³/mol. The second-order valence-electron chi connectivity index (χ2n) is 6.72. The first-order chi connectivity index (χ1) is 12.8. The van der Waals surface area contributed by atoms with Crippen LogP contribution >= 0.6 is 11.6 Å². The topological polar surface area (TPSA) is 37.4 Å². The summed E-state index contributed by atoms with van der Waals surface area (Å²) in [5.74, 6) is 0. The van der Waals surface area contributed by atoms with E-state index in [4.69, 9.17) is 11.6 Å². The lowest BCUT2D eigenvalue weighted by Crippen LogP contribution is -2.30. The molecule has 0 atom stereocenters. The highest BCUT2D eigenvalue weighted by Gasteiger charge is 2.25. The number of benzene rings is 3. The van der Waals surface area contributed by atoms with Crippen molar-refractivity contribution in [1.82, 2.24) is 0 Å². The van der Waals surface area contributed by atoms with Crippen LogP contribution in [0.25, 0.3) is 0 Å². The number of sulfonamides is 1. The Balaban J connectivity index is 2.09. The largest absolute Gasteiger partial charge is 0.264 e. The molecule has 3 aromatic carbocycles. The molecule has 3 aromatic rings. The summed E-state index contributed by atoms with van der Waals surface area (Å²) < 4.78 is 28.3. The average Bonchev–Trinajstić information content (AvgIpc) is 2.64. The van der Waals surface area contributed by atoms with Gasteiger partial charge in [0.05, 0.1) is 17.1 Å². The van der Waals surface area contributed by atoms with Gasteiger partial charge in [-0.2, -0.15) is 0 Å². The molecule has 0 fully saturated rings. The van der Waals surface area contributed by atoms with Crippen LogP contribution in [0.3, 0.4) is 0 Å².